The van der Waals surface area contributed by atoms with Crippen molar-refractivity contribution in [2.75, 3.05) is 46.9 Å². The molecular formula is C31H42N6O3. The Bertz CT molecular complexity index is 1310. The molecule has 9 heteroatoms. The molecule has 40 heavy (non-hydrogen) atoms. The Morgan fingerprint density at radius 2 is 1.80 bits per heavy atom. The fourth-order valence-electron chi connectivity index (χ4n) is 4.20. The smallest absolute Gasteiger partial charge is 0.246 e. The van der Waals surface area contributed by atoms with Gasteiger partial charge in [0.05, 0.1) is 24.8 Å². The second-order valence-corrected chi connectivity index (χ2v) is 9.80. The molecule has 0 unspecified atom stereocenters. The highest BCUT2D eigenvalue weighted by Crippen LogP contribution is 2.35. The van der Waals surface area contributed by atoms with E-state index in [1.165, 1.54) is 0 Å². The van der Waals surface area contributed by atoms with Crippen molar-refractivity contribution >= 4 is 23.6 Å². The van der Waals surface area contributed by atoms with Gasteiger partial charge in [-0.15, -0.1) is 0 Å². The first-order chi connectivity index (χ1) is 19.2. The zero-order chi connectivity index (χ0) is 29.2. The summed E-state index contributed by atoms with van der Waals surface area (Å²) < 4.78 is 13.3. The van der Waals surface area contributed by atoms with Crippen LogP contribution in [0.5, 0.6) is 11.5 Å². The van der Waals surface area contributed by atoms with Crippen LogP contribution in [0.2, 0.25) is 0 Å². The summed E-state index contributed by atoms with van der Waals surface area (Å²) in [5.41, 5.74) is 10.3. The average Bonchev–Trinajstić information content (AvgIpc) is 3.23. The van der Waals surface area contributed by atoms with Gasteiger partial charge in [0, 0.05) is 49.3 Å². The second kappa shape index (κ2) is 14.4. The summed E-state index contributed by atoms with van der Waals surface area (Å²) in [6.45, 7) is 12.7. The zero-order valence-corrected chi connectivity index (χ0v) is 24.8. The van der Waals surface area contributed by atoms with E-state index in [0.29, 0.717) is 67.1 Å². The molecule has 0 aliphatic carbocycles. The zero-order valence-electron chi connectivity index (χ0n) is 24.8. The number of amides is 1. The van der Waals surface area contributed by atoms with Crippen molar-refractivity contribution in [1.29, 1.82) is 0 Å². The summed E-state index contributed by atoms with van der Waals surface area (Å²) >= 11 is 0. The maximum Gasteiger partial charge on any atom is 0.246 e. The van der Waals surface area contributed by atoms with Gasteiger partial charge in [0.25, 0.3) is 0 Å². The molecule has 1 aromatic heterocycles. The van der Waals surface area contributed by atoms with E-state index in [2.05, 4.69) is 23.8 Å². The van der Waals surface area contributed by atoms with Crippen LogP contribution in [-0.2, 0) is 4.79 Å². The van der Waals surface area contributed by atoms with Gasteiger partial charge in [0.15, 0.2) is 5.82 Å². The van der Waals surface area contributed by atoms with Crippen LogP contribution in [0, 0.1) is 11.8 Å². The number of hydrogen-bond acceptors (Lipinski definition) is 7. The maximum absolute atomic E-state index is 12.6. The largest absolute Gasteiger partial charge is 0.494 e. The topological polar surface area (TPSA) is 98.2 Å². The van der Waals surface area contributed by atoms with Gasteiger partial charge in [-0.05, 0) is 71.8 Å². The van der Waals surface area contributed by atoms with Crippen LogP contribution in [0.3, 0.4) is 0 Å². The number of rotatable bonds is 11. The SMILES string of the molecule is C/C=N\c1c(/C(N)=C(\C)CC)c(C#Cc2cc(OCC)cc(OCC)c2)nn1C1CN(C(=O)/C=C/CN(C)C)C1. The number of benzene rings is 1. The predicted molar refractivity (Wildman–Crippen MR) is 161 cm³/mol. The number of allylic oxidation sites excluding steroid dienone is 1. The summed E-state index contributed by atoms with van der Waals surface area (Å²) in [7, 11) is 3.93. The monoisotopic (exact) mass is 546 g/mol. The first-order valence-electron chi connectivity index (χ1n) is 13.8. The van der Waals surface area contributed by atoms with Gasteiger partial charge in [-0.2, -0.15) is 5.10 Å². The number of likely N-dealkylation sites (N-methyl/N-ethyl adjacent to an activating group) is 1. The second-order valence-electron chi connectivity index (χ2n) is 9.80. The molecule has 2 heterocycles. The Balaban J connectivity index is 2.02. The minimum atomic E-state index is -0.0280. The fourth-order valence-corrected chi connectivity index (χ4v) is 4.20. The molecule has 2 N–H and O–H groups in total. The number of carbonyl (C=O) groups excluding carboxylic acids is 1. The van der Waals surface area contributed by atoms with E-state index < -0.39 is 0 Å². The molecule has 1 saturated heterocycles. The Hall–Kier alpha value is -4.03. The van der Waals surface area contributed by atoms with E-state index in [0.717, 1.165) is 17.6 Å². The molecule has 1 amide bonds. The van der Waals surface area contributed by atoms with Crippen molar-refractivity contribution in [3.8, 4) is 23.3 Å². The van der Waals surface area contributed by atoms with Crippen molar-refractivity contribution in [3.05, 3.63) is 52.7 Å². The molecule has 0 atom stereocenters. The molecular weight excluding hydrogens is 504 g/mol. The highest BCUT2D eigenvalue weighted by atomic mass is 16.5. The first-order valence-corrected chi connectivity index (χ1v) is 13.8. The third kappa shape index (κ3) is 7.54. The molecule has 2 aromatic rings. The third-order valence-electron chi connectivity index (χ3n) is 6.47. The molecule has 1 aliphatic rings. The number of nitrogens with zero attached hydrogens (tertiary/aromatic N) is 5. The minimum Gasteiger partial charge on any atom is -0.494 e. The van der Waals surface area contributed by atoms with Crippen LogP contribution in [0.1, 0.15) is 63.9 Å². The van der Waals surface area contributed by atoms with Crippen LogP contribution >= 0.6 is 0 Å². The number of carbonyl (C=O) groups is 1. The lowest BCUT2D eigenvalue weighted by Gasteiger charge is -2.39. The third-order valence-corrected chi connectivity index (χ3v) is 6.47. The number of hydrogen-bond donors (Lipinski definition) is 1. The molecule has 0 spiro atoms. The molecule has 3 rings (SSSR count). The lowest BCUT2D eigenvalue weighted by molar-refractivity contribution is -0.131. The molecule has 1 fully saturated rings. The van der Waals surface area contributed by atoms with Crippen molar-refractivity contribution in [2.24, 2.45) is 10.7 Å². The molecule has 1 aromatic carbocycles. The Morgan fingerprint density at radius 3 is 2.35 bits per heavy atom. The van der Waals surface area contributed by atoms with Crippen molar-refractivity contribution in [1.82, 2.24) is 19.6 Å². The molecule has 9 nitrogen and oxygen atoms in total. The van der Waals surface area contributed by atoms with Crippen LogP contribution in [0.15, 0.2) is 40.9 Å². The summed E-state index contributed by atoms with van der Waals surface area (Å²) in [4.78, 5) is 21.1. The highest BCUT2D eigenvalue weighted by molar-refractivity contribution is 5.88. The van der Waals surface area contributed by atoms with Crippen molar-refractivity contribution in [3.63, 3.8) is 0 Å². The van der Waals surface area contributed by atoms with Crippen LogP contribution < -0.4 is 15.2 Å². The molecule has 214 valence electrons. The summed E-state index contributed by atoms with van der Waals surface area (Å²) in [6, 6.07) is 5.60. The number of likely N-dealkylation sites (tertiary alicyclic amines) is 1. The summed E-state index contributed by atoms with van der Waals surface area (Å²) in [6.07, 6.45) is 6.02. The van der Waals surface area contributed by atoms with Crippen molar-refractivity contribution in [2.45, 2.75) is 47.1 Å². The van der Waals surface area contributed by atoms with Gasteiger partial charge in [0.1, 0.15) is 17.2 Å². The quantitative estimate of drug-likeness (QED) is 0.255. The number of aliphatic imine (C=N–C) groups is 1. The van der Waals surface area contributed by atoms with Gasteiger partial charge in [0.2, 0.25) is 5.91 Å². The Labute approximate surface area is 238 Å². The maximum atomic E-state index is 12.6. The normalized spacial score (nSPS) is 14.3. The Kier molecular flexibility index (Phi) is 11.0. The number of aromatic nitrogens is 2. The Morgan fingerprint density at radius 1 is 1.15 bits per heavy atom. The van der Waals surface area contributed by atoms with Crippen LogP contribution in [0.25, 0.3) is 5.70 Å². The minimum absolute atomic E-state index is 0.00782. The van der Waals surface area contributed by atoms with E-state index >= 15 is 0 Å². The average molecular weight is 547 g/mol. The van der Waals surface area contributed by atoms with Crippen LogP contribution in [0.4, 0.5) is 5.82 Å². The molecule has 1 aliphatic heterocycles. The molecule has 0 saturated carbocycles. The highest BCUT2D eigenvalue weighted by Gasteiger charge is 2.34. The van der Waals surface area contributed by atoms with E-state index in [1.807, 2.05) is 75.6 Å². The van der Waals surface area contributed by atoms with Gasteiger partial charge in [-0.1, -0.05) is 18.9 Å². The first kappa shape index (κ1) is 30.5. The molecule has 0 radical (unpaired) electrons. The summed E-state index contributed by atoms with van der Waals surface area (Å²) in [5.74, 6) is 8.51. The summed E-state index contributed by atoms with van der Waals surface area (Å²) in [5, 5.41) is 4.89. The van der Waals surface area contributed by atoms with Gasteiger partial charge < -0.3 is 25.0 Å². The lowest BCUT2D eigenvalue weighted by atomic mass is 10.0. The lowest BCUT2D eigenvalue weighted by Crippen LogP contribution is -2.50. The van der Waals surface area contributed by atoms with E-state index in [1.54, 1.807) is 17.2 Å². The van der Waals surface area contributed by atoms with E-state index in [-0.39, 0.29) is 11.9 Å². The van der Waals surface area contributed by atoms with E-state index in [9.17, 15) is 4.79 Å². The fraction of sp³-hybridized carbons (Fsp3) is 0.452. The standard InChI is InChI=1S/C31H42N6O3/c1-8-22(5)30(32)29-27(15-14-23-17-25(39-10-3)19-26(18-23)40-11-4)34-37(31(29)33-9-2)24-20-36(21-24)28(38)13-12-16-35(6)7/h9,12-13,17-19,24H,8,10-11,16,20-21,32H2,1-7H3/b13-12+,30-22-,33-9-. The van der Waals surface area contributed by atoms with Gasteiger partial charge >= 0.3 is 0 Å². The van der Waals surface area contributed by atoms with E-state index in [4.69, 9.17) is 20.3 Å². The number of ether oxygens (including phenoxy) is 2. The number of nitrogens with two attached hydrogens (primary N) is 1. The van der Waals surface area contributed by atoms with Crippen molar-refractivity contribution < 1.29 is 14.3 Å². The molecule has 0 bridgehead atoms. The van der Waals surface area contributed by atoms with Gasteiger partial charge in [-0.3, -0.25) is 4.79 Å². The van der Waals surface area contributed by atoms with Crippen LogP contribution in [-0.4, -0.2) is 78.6 Å². The van der Waals surface area contributed by atoms with Gasteiger partial charge in [-0.25, -0.2) is 9.67 Å². The predicted octanol–water partition coefficient (Wildman–Crippen LogP) is 4.40.